The zero-order chi connectivity index (χ0) is 22.0. The molecule has 1 aromatic carbocycles. The number of aromatic nitrogens is 3. The zero-order valence-corrected chi connectivity index (χ0v) is 17.3. The van der Waals surface area contributed by atoms with Crippen LogP contribution in [0.25, 0.3) is 5.65 Å². The maximum absolute atomic E-state index is 12.8. The largest absolute Gasteiger partial charge is 0.486 e. The third-order valence-corrected chi connectivity index (χ3v) is 4.85. The maximum Gasteiger partial charge on any atom is 0.270 e. The second-order valence-electron chi connectivity index (χ2n) is 7.86. The molecule has 2 N–H and O–H groups in total. The number of ether oxygens (including phenoxy) is 1. The van der Waals surface area contributed by atoms with Crippen molar-refractivity contribution in [2.75, 3.05) is 13.2 Å². The van der Waals surface area contributed by atoms with E-state index in [9.17, 15) is 14.4 Å². The fraction of sp³-hybridized carbons (Fsp3) is 0.318. The van der Waals surface area contributed by atoms with E-state index >= 15 is 0 Å². The molecular weight excluding hydrogens is 398 g/mol. The number of fused-ring (bicyclic) bond motifs is 2. The highest BCUT2D eigenvalue weighted by Crippen LogP contribution is 2.24. The number of nitrogens with zero attached hydrogens (tertiary/aromatic N) is 3. The fourth-order valence-electron chi connectivity index (χ4n) is 3.29. The van der Waals surface area contributed by atoms with Gasteiger partial charge in [-0.15, -0.1) is 0 Å². The molecule has 3 aromatic rings. The number of hydrogen-bond acceptors (Lipinski definition) is 6. The van der Waals surface area contributed by atoms with Crippen LogP contribution in [0.3, 0.4) is 0 Å². The average molecular weight is 421 g/mol. The van der Waals surface area contributed by atoms with Crippen LogP contribution in [0.1, 0.15) is 46.0 Å². The van der Waals surface area contributed by atoms with Crippen molar-refractivity contribution in [3.8, 4) is 5.75 Å². The number of rotatable bonds is 6. The minimum atomic E-state index is -0.411. The van der Waals surface area contributed by atoms with Gasteiger partial charge in [0.15, 0.2) is 11.4 Å². The fourth-order valence-corrected chi connectivity index (χ4v) is 3.29. The van der Waals surface area contributed by atoms with E-state index in [1.54, 1.807) is 12.1 Å². The molecule has 9 nitrogen and oxygen atoms in total. The molecule has 3 heterocycles. The third kappa shape index (κ3) is 4.55. The molecule has 0 bridgehead atoms. The van der Waals surface area contributed by atoms with Crippen LogP contribution in [0.2, 0.25) is 0 Å². The van der Waals surface area contributed by atoms with Gasteiger partial charge in [-0.1, -0.05) is 19.9 Å². The molecule has 1 aliphatic heterocycles. The molecular formula is C22H23N5O4. The lowest BCUT2D eigenvalue weighted by molar-refractivity contribution is -0.121. The second kappa shape index (κ2) is 8.55. The summed E-state index contributed by atoms with van der Waals surface area (Å²) >= 11 is 0. The van der Waals surface area contributed by atoms with E-state index in [-0.39, 0.29) is 36.2 Å². The summed E-state index contributed by atoms with van der Waals surface area (Å²) in [5.74, 6) is 0.277. The molecule has 160 valence electrons. The Morgan fingerprint density at radius 3 is 2.81 bits per heavy atom. The van der Waals surface area contributed by atoms with E-state index in [2.05, 4.69) is 20.7 Å². The Balaban J connectivity index is 1.51. The summed E-state index contributed by atoms with van der Waals surface area (Å²) in [5.41, 5.74) is 2.42. The Morgan fingerprint density at radius 1 is 1.16 bits per heavy atom. The van der Waals surface area contributed by atoms with Crippen LogP contribution in [0.4, 0.5) is 0 Å². The van der Waals surface area contributed by atoms with Crippen molar-refractivity contribution in [3.63, 3.8) is 0 Å². The molecule has 1 aliphatic rings. The Bertz CT molecular complexity index is 1170. The molecule has 4 rings (SSSR count). The van der Waals surface area contributed by atoms with Gasteiger partial charge in [0.2, 0.25) is 0 Å². The van der Waals surface area contributed by atoms with Crippen LogP contribution in [-0.2, 0) is 17.8 Å². The van der Waals surface area contributed by atoms with E-state index in [0.29, 0.717) is 30.3 Å². The van der Waals surface area contributed by atoms with Crippen molar-refractivity contribution >= 4 is 23.2 Å². The molecule has 0 spiro atoms. The first-order valence-corrected chi connectivity index (χ1v) is 10.1. The van der Waals surface area contributed by atoms with Crippen molar-refractivity contribution < 1.29 is 19.1 Å². The Hall–Kier alpha value is -3.75. The first kappa shape index (κ1) is 20.5. The standard InChI is InChI=1S/C22H23N5O4/c1-13(2)10-23-22(30)18-9-17(26-20-5-6-25-27(18)20)21(29)24-11-14-3-4-19-15(7-14)8-16(28)12-31-19/h3-7,9,13H,8,10-12H2,1-2H3,(H,23,30)(H,24,29). The van der Waals surface area contributed by atoms with Gasteiger partial charge >= 0.3 is 0 Å². The lowest BCUT2D eigenvalue weighted by atomic mass is 10.0. The number of hydrogen-bond donors (Lipinski definition) is 2. The van der Waals surface area contributed by atoms with Gasteiger partial charge in [-0.3, -0.25) is 14.4 Å². The van der Waals surface area contributed by atoms with Crippen molar-refractivity contribution in [3.05, 3.63) is 59.0 Å². The monoisotopic (exact) mass is 421 g/mol. The highest BCUT2D eigenvalue weighted by atomic mass is 16.5. The minimum absolute atomic E-state index is 0.0234. The van der Waals surface area contributed by atoms with E-state index in [4.69, 9.17) is 4.74 Å². The Morgan fingerprint density at radius 2 is 2.00 bits per heavy atom. The predicted molar refractivity (Wildman–Crippen MR) is 112 cm³/mol. The van der Waals surface area contributed by atoms with E-state index in [1.165, 1.54) is 16.8 Å². The lowest BCUT2D eigenvalue weighted by Gasteiger charge is -2.17. The first-order valence-electron chi connectivity index (χ1n) is 10.1. The van der Waals surface area contributed by atoms with Crippen LogP contribution in [0.5, 0.6) is 5.75 Å². The molecule has 0 saturated heterocycles. The molecule has 2 amide bonds. The summed E-state index contributed by atoms with van der Waals surface area (Å²) in [4.78, 5) is 41.3. The molecule has 0 atom stereocenters. The smallest absolute Gasteiger partial charge is 0.270 e. The summed E-state index contributed by atoms with van der Waals surface area (Å²) in [6.45, 7) is 4.85. The highest BCUT2D eigenvalue weighted by Gasteiger charge is 2.19. The molecule has 0 unspecified atom stereocenters. The van der Waals surface area contributed by atoms with E-state index in [1.807, 2.05) is 26.0 Å². The normalized spacial score (nSPS) is 13.1. The molecule has 0 fully saturated rings. The summed E-state index contributed by atoms with van der Waals surface area (Å²) in [6, 6.07) is 8.57. The topological polar surface area (TPSA) is 115 Å². The number of amides is 2. The predicted octanol–water partition coefficient (Wildman–Crippen LogP) is 1.55. The number of carbonyl (C=O) groups is 3. The Labute approximate surface area is 178 Å². The second-order valence-corrected chi connectivity index (χ2v) is 7.86. The van der Waals surface area contributed by atoms with Crippen LogP contribution in [0, 0.1) is 5.92 Å². The minimum Gasteiger partial charge on any atom is -0.486 e. The van der Waals surface area contributed by atoms with Crippen molar-refractivity contribution in [1.82, 2.24) is 25.2 Å². The Kier molecular flexibility index (Phi) is 5.66. The van der Waals surface area contributed by atoms with Gasteiger partial charge in [-0.25, -0.2) is 9.50 Å². The van der Waals surface area contributed by atoms with Crippen molar-refractivity contribution in [2.45, 2.75) is 26.8 Å². The van der Waals surface area contributed by atoms with E-state index in [0.717, 1.165) is 11.1 Å². The van der Waals surface area contributed by atoms with Gasteiger partial charge in [0.25, 0.3) is 11.8 Å². The summed E-state index contributed by atoms with van der Waals surface area (Å²) < 4.78 is 6.81. The van der Waals surface area contributed by atoms with Crippen molar-refractivity contribution in [2.24, 2.45) is 5.92 Å². The first-order chi connectivity index (χ1) is 14.9. The molecule has 9 heteroatoms. The van der Waals surface area contributed by atoms with Gasteiger partial charge in [0.05, 0.1) is 6.20 Å². The van der Waals surface area contributed by atoms with Crippen LogP contribution < -0.4 is 15.4 Å². The zero-order valence-electron chi connectivity index (χ0n) is 17.3. The molecule has 0 aliphatic carbocycles. The van der Waals surface area contributed by atoms with Crippen molar-refractivity contribution in [1.29, 1.82) is 0 Å². The van der Waals surface area contributed by atoms with Crippen LogP contribution in [0.15, 0.2) is 36.5 Å². The number of benzene rings is 1. The number of carbonyl (C=O) groups excluding carboxylic acids is 3. The van der Waals surface area contributed by atoms with Gasteiger partial charge < -0.3 is 15.4 Å². The van der Waals surface area contributed by atoms with Gasteiger partial charge in [-0.2, -0.15) is 5.10 Å². The average Bonchev–Trinajstić information content (AvgIpc) is 3.23. The quantitative estimate of drug-likeness (QED) is 0.624. The molecule has 31 heavy (non-hydrogen) atoms. The number of ketones is 1. The summed E-state index contributed by atoms with van der Waals surface area (Å²) in [5, 5.41) is 9.79. The van der Waals surface area contributed by atoms with Crippen LogP contribution >= 0.6 is 0 Å². The maximum atomic E-state index is 12.8. The van der Waals surface area contributed by atoms with E-state index < -0.39 is 5.91 Å². The third-order valence-electron chi connectivity index (χ3n) is 4.85. The van der Waals surface area contributed by atoms with Gasteiger partial charge in [-0.05, 0) is 23.6 Å². The highest BCUT2D eigenvalue weighted by molar-refractivity contribution is 5.98. The molecule has 0 radical (unpaired) electrons. The lowest BCUT2D eigenvalue weighted by Crippen LogP contribution is -2.30. The van der Waals surface area contributed by atoms with Gasteiger partial charge in [0, 0.05) is 37.2 Å². The molecule has 0 saturated carbocycles. The molecule has 2 aromatic heterocycles. The summed E-state index contributed by atoms with van der Waals surface area (Å²) in [7, 11) is 0. The number of nitrogens with one attached hydrogen (secondary N) is 2. The van der Waals surface area contributed by atoms with Gasteiger partial charge in [0.1, 0.15) is 23.7 Å². The summed E-state index contributed by atoms with van der Waals surface area (Å²) in [6.07, 6.45) is 1.85. The number of Topliss-reactive ketones (excluding diaryl/α,β-unsaturated/α-hetero) is 1. The van der Waals surface area contributed by atoms with Crippen LogP contribution in [-0.4, -0.2) is 45.3 Å². The SMILES string of the molecule is CC(C)CNC(=O)c1cc(C(=O)NCc2ccc3c(c2)CC(=O)CO3)nc2ccnn12.